The SMILES string of the molecule is COC(=O)C[C@H](C(=O)N1CCC[C@H]1c1ncc(C#CC#Cc2cnc([C@@H]3CCCN3C(=O)[C@@H](CC(=O)OC)C(C)C)[nH]2)[nH]1)C(C)C. The molecule has 4 rings (SSSR count). The van der Waals surface area contributed by atoms with Crippen molar-refractivity contribution in [1.29, 1.82) is 0 Å². The number of H-pyrrole nitrogens is 2. The Kier molecular flexibility index (Phi) is 11.6. The van der Waals surface area contributed by atoms with E-state index in [4.69, 9.17) is 9.47 Å². The van der Waals surface area contributed by atoms with Crippen LogP contribution in [-0.4, -0.2) is 80.8 Å². The Morgan fingerprint density at radius 2 is 1.15 bits per heavy atom. The van der Waals surface area contributed by atoms with Crippen LogP contribution < -0.4 is 0 Å². The van der Waals surface area contributed by atoms with Gasteiger partial charge in [-0.15, -0.1) is 0 Å². The molecule has 2 fully saturated rings. The molecule has 0 aliphatic carbocycles. The average Bonchev–Trinajstić information content (AvgIpc) is 3.86. The summed E-state index contributed by atoms with van der Waals surface area (Å²) in [6, 6.07) is -0.426. The molecule has 2 aliphatic rings. The van der Waals surface area contributed by atoms with Gasteiger partial charge in [0.2, 0.25) is 11.8 Å². The Morgan fingerprint density at radius 1 is 0.761 bits per heavy atom. The first-order valence-corrected chi connectivity index (χ1v) is 15.9. The number of carbonyl (C=O) groups is 4. The maximum absolute atomic E-state index is 13.4. The van der Waals surface area contributed by atoms with Crippen LogP contribution in [0.15, 0.2) is 12.4 Å². The number of aromatic amines is 2. The van der Waals surface area contributed by atoms with Gasteiger partial charge < -0.3 is 29.2 Å². The second-order valence-electron chi connectivity index (χ2n) is 12.5. The van der Waals surface area contributed by atoms with Crippen LogP contribution in [-0.2, 0) is 28.7 Å². The van der Waals surface area contributed by atoms with Gasteiger partial charge in [0.1, 0.15) is 23.0 Å². The van der Waals surface area contributed by atoms with Crippen LogP contribution in [0.2, 0.25) is 0 Å². The summed E-state index contributed by atoms with van der Waals surface area (Å²) in [7, 11) is 2.66. The minimum atomic E-state index is -0.457. The summed E-state index contributed by atoms with van der Waals surface area (Å²) in [4.78, 5) is 69.7. The number of nitrogens with one attached hydrogen (secondary N) is 2. The third-order valence-corrected chi connectivity index (χ3v) is 8.82. The highest BCUT2D eigenvalue weighted by molar-refractivity contribution is 5.85. The first-order chi connectivity index (χ1) is 22.0. The number of hydrogen-bond acceptors (Lipinski definition) is 8. The second kappa shape index (κ2) is 15.6. The Labute approximate surface area is 270 Å². The largest absolute Gasteiger partial charge is 0.469 e. The highest BCUT2D eigenvalue weighted by Crippen LogP contribution is 2.35. The maximum atomic E-state index is 13.4. The molecule has 2 aromatic rings. The van der Waals surface area contributed by atoms with E-state index >= 15 is 0 Å². The number of methoxy groups -OCH3 is 2. The molecule has 246 valence electrons. The van der Waals surface area contributed by atoms with Crippen molar-refractivity contribution in [3.8, 4) is 23.7 Å². The summed E-state index contributed by atoms with van der Waals surface area (Å²) in [5, 5.41) is 0. The molecule has 0 aromatic carbocycles. The van der Waals surface area contributed by atoms with Crippen LogP contribution in [0.4, 0.5) is 0 Å². The molecule has 2 amide bonds. The van der Waals surface area contributed by atoms with E-state index in [0.29, 0.717) is 36.1 Å². The zero-order valence-electron chi connectivity index (χ0n) is 27.5. The summed E-state index contributed by atoms with van der Waals surface area (Å²) in [6.45, 7) is 8.95. The standard InChI is InChI=1S/C34H44N6O6/c1-21(2)25(17-29(41)45-5)33(43)39-15-9-13-27(39)31-35-19-23(37-31)11-7-8-12-24-20-36-32(38-24)28-14-10-16-40(28)34(44)26(22(3)4)18-30(42)46-6/h19-22,25-28H,9-10,13-18H2,1-6H3,(H,35,37)(H,36,38)/t25-,26-,27-,28-/m0/s1. The van der Waals surface area contributed by atoms with E-state index < -0.39 is 23.8 Å². The van der Waals surface area contributed by atoms with Crippen LogP contribution in [0.1, 0.15) is 101 Å². The average molecular weight is 633 g/mol. The summed E-state index contributed by atoms with van der Waals surface area (Å²) in [6.07, 6.45) is 6.58. The Hall–Kier alpha value is -4.58. The summed E-state index contributed by atoms with van der Waals surface area (Å²) >= 11 is 0. The van der Waals surface area contributed by atoms with E-state index in [1.165, 1.54) is 14.2 Å². The van der Waals surface area contributed by atoms with Crippen molar-refractivity contribution in [1.82, 2.24) is 29.7 Å². The van der Waals surface area contributed by atoms with Gasteiger partial charge >= 0.3 is 11.9 Å². The number of amides is 2. The Balaban J connectivity index is 1.40. The zero-order valence-corrected chi connectivity index (χ0v) is 27.5. The first-order valence-electron chi connectivity index (χ1n) is 15.9. The van der Waals surface area contributed by atoms with Gasteiger partial charge in [0, 0.05) is 13.1 Å². The van der Waals surface area contributed by atoms with Crippen LogP contribution in [0.3, 0.4) is 0 Å². The molecule has 0 spiro atoms. The molecule has 2 N–H and O–H groups in total. The molecule has 4 atom stereocenters. The zero-order chi connectivity index (χ0) is 33.4. The van der Waals surface area contributed by atoms with E-state index in [1.54, 1.807) is 22.2 Å². The number of likely N-dealkylation sites (tertiary alicyclic amines) is 2. The van der Waals surface area contributed by atoms with Gasteiger partial charge in [-0.2, -0.15) is 0 Å². The van der Waals surface area contributed by atoms with E-state index in [9.17, 15) is 19.2 Å². The number of carbonyl (C=O) groups excluding carboxylic acids is 4. The van der Waals surface area contributed by atoms with E-state index in [1.807, 2.05) is 27.7 Å². The van der Waals surface area contributed by atoms with Gasteiger partial charge in [-0.25, -0.2) is 9.97 Å². The summed E-state index contributed by atoms with van der Waals surface area (Å²) in [5.74, 6) is 11.1. The molecular weight excluding hydrogens is 588 g/mol. The molecule has 2 aliphatic heterocycles. The van der Waals surface area contributed by atoms with Crippen LogP contribution >= 0.6 is 0 Å². The number of esters is 2. The van der Waals surface area contributed by atoms with E-state index in [-0.39, 0.29) is 48.6 Å². The third-order valence-electron chi connectivity index (χ3n) is 8.82. The lowest BCUT2D eigenvalue weighted by Gasteiger charge is -2.29. The predicted octanol–water partition coefficient (Wildman–Crippen LogP) is 3.53. The Morgan fingerprint density at radius 3 is 1.50 bits per heavy atom. The van der Waals surface area contributed by atoms with Crippen molar-refractivity contribution < 1.29 is 28.7 Å². The molecule has 12 nitrogen and oxygen atoms in total. The molecule has 46 heavy (non-hydrogen) atoms. The van der Waals surface area contributed by atoms with Crippen LogP contribution in [0.25, 0.3) is 0 Å². The lowest BCUT2D eigenvalue weighted by atomic mass is 9.91. The number of rotatable bonds is 10. The highest BCUT2D eigenvalue weighted by atomic mass is 16.5. The van der Waals surface area contributed by atoms with Gasteiger partial charge in [-0.05, 0) is 61.2 Å². The molecule has 2 aromatic heterocycles. The van der Waals surface area contributed by atoms with Gasteiger partial charge in [-0.1, -0.05) is 27.7 Å². The number of nitrogens with zero attached hydrogens (tertiary/aromatic N) is 4. The highest BCUT2D eigenvalue weighted by Gasteiger charge is 2.39. The minimum Gasteiger partial charge on any atom is -0.469 e. The van der Waals surface area contributed by atoms with Gasteiger partial charge in [-0.3, -0.25) is 19.2 Å². The molecular formula is C34H44N6O6. The van der Waals surface area contributed by atoms with Crippen molar-refractivity contribution in [2.75, 3.05) is 27.3 Å². The fourth-order valence-electron chi connectivity index (χ4n) is 6.13. The topological polar surface area (TPSA) is 151 Å². The number of aromatic nitrogens is 4. The summed E-state index contributed by atoms with van der Waals surface area (Å²) < 4.78 is 9.62. The number of ether oxygens (including phenoxy) is 2. The van der Waals surface area contributed by atoms with Crippen molar-refractivity contribution in [2.45, 2.75) is 78.3 Å². The molecule has 4 heterocycles. The molecule has 0 bridgehead atoms. The normalized spacial score (nSPS) is 18.9. The third kappa shape index (κ3) is 8.16. The number of imidazole rings is 2. The molecule has 2 saturated heterocycles. The first kappa shape index (κ1) is 34.3. The molecule has 0 radical (unpaired) electrons. The van der Waals surface area contributed by atoms with Gasteiger partial charge in [0.05, 0.1) is 63.4 Å². The quantitative estimate of drug-likeness (QED) is 0.298. The Bertz CT molecular complexity index is 1420. The summed E-state index contributed by atoms with van der Waals surface area (Å²) in [5.41, 5.74) is 1.16. The smallest absolute Gasteiger partial charge is 0.306 e. The van der Waals surface area contributed by atoms with E-state index in [2.05, 4.69) is 43.6 Å². The second-order valence-corrected chi connectivity index (χ2v) is 12.5. The predicted molar refractivity (Wildman–Crippen MR) is 168 cm³/mol. The molecule has 12 heteroatoms. The van der Waals surface area contributed by atoms with E-state index in [0.717, 1.165) is 25.7 Å². The number of hydrogen-bond donors (Lipinski definition) is 2. The fourth-order valence-corrected chi connectivity index (χ4v) is 6.13. The van der Waals surface area contributed by atoms with Gasteiger partial charge in [0.25, 0.3) is 0 Å². The van der Waals surface area contributed by atoms with Crippen molar-refractivity contribution in [3.63, 3.8) is 0 Å². The van der Waals surface area contributed by atoms with Crippen LogP contribution in [0.5, 0.6) is 0 Å². The van der Waals surface area contributed by atoms with Crippen molar-refractivity contribution in [2.24, 2.45) is 23.7 Å². The minimum absolute atomic E-state index is 0.00902. The van der Waals surface area contributed by atoms with Crippen molar-refractivity contribution >= 4 is 23.8 Å². The monoisotopic (exact) mass is 632 g/mol. The maximum Gasteiger partial charge on any atom is 0.306 e. The van der Waals surface area contributed by atoms with Crippen molar-refractivity contribution in [3.05, 3.63) is 35.4 Å². The lowest BCUT2D eigenvalue weighted by molar-refractivity contribution is -0.148. The van der Waals surface area contributed by atoms with Gasteiger partial charge in [0.15, 0.2) is 0 Å². The molecule has 0 unspecified atom stereocenters. The fraction of sp³-hybridized carbons (Fsp3) is 0.588. The van der Waals surface area contributed by atoms with Crippen LogP contribution in [0, 0.1) is 47.4 Å². The molecule has 0 saturated carbocycles. The lowest BCUT2D eigenvalue weighted by Crippen LogP contribution is -2.39.